The molecule has 2 amide bonds. The Balaban J connectivity index is 1.71. The first-order chi connectivity index (χ1) is 19.3. The summed E-state index contributed by atoms with van der Waals surface area (Å²) in [4.78, 5) is 53.5. The maximum Gasteiger partial charge on any atom is 0.325 e. The number of rotatable bonds is 11. The van der Waals surface area contributed by atoms with Gasteiger partial charge in [0.1, 0.15) is 18.1 Å². The zero-order valence-corrected chi connectivity index (χ0v) is 22.7. The lowest BCUT2D eigenvalue weighted by molar-refractivity contribution is -0.141. The number of anilines is 2. The molecule has 0 bridgehead atoms. The molecule has 40 heavy (non-hydrogen) atoms. The first-order valence-electron chi connectivity index (χ1n) is 13.6. The molecular weight excluding hydrogens is 514 g/mol. The average molecular weight is 550 g/mol. The lowest BCUT2D eigenvalue weighted by atomic mass is 9.82. The molecule has 1 unspecified atom stereocenters. The quantitative estimate of drug-likeness (QED) is 0.261. The fraction of sp³-hybridized carbons (Fsp3) is 0.414. The van der Waals surface area contributed by atoms with Crippen LogP contribution in [0.25, 0.3) is 16.9 Å². The normalized spacial score (nSPS) is 14.3. The Hall–Kier alpha value is -4.41. The topological polar surface area (TPSA) is 151 Å². The summed E-state index contributed by atoms with van der Waals surface area (Å²) in [6.07, 6.45) is 6.51. The van der Waals surface area contributed by atoms with Crippen molar-refractivity contribution in [3.05, 3.63) is 48.2 Å². The minimum Gasteiger partial charge on any atom is -0.481 e. The second-order valence-corrected chi connectivity index (χ2v) is 9.92. The zero-order chi connectivity index (χ0) is 28.6. The minimum atomic E-state index is -0.953. The van der Waals surface area contributed by atoms with Crippen molar-refractivity contribution in [1.82, 2.24) is 14.7 Å². The van der Waals surface area contributed by atoms with E-state index in [1.165, 1.54) is 6.92 Å². The van der Waals surface area contributed by atoms with Gasteiger partial charge in [0.05, 0.1) is 18.6 Å². The van der Waals surface area contributed by atoms with Crippen molar-refractivity contribution in [2.75, 3.05) is 23.8 Å². The van der Waals surface area contributed by atoms with Gasteiger partial charge in [0.15, 0.2) is 5.65 Å². The Labute approximate surface area is 232 Å². The average Bonchev–Trinajstić information content (AvgIpc) is 3.30. The number of ether oxygens (including phenoxy) is 1. The van der Waals surface area contributed by atoms with E-state index in [9.17, 15) is 24.3 Å². The number of carbonyl (C=O) groups is 4. The van der Waals surface area contributed by atoms with Crippen molar-refractivity contribution < 1.29 is 29.0 Å². The lowest BCUT2D eigenvalue weighted by Crippen LogP contribution is -2.42. The monoisotopic (exact) mass is 549 g/mol. The van der Waals surface area contributed by atoms with Gasteiger partial charge in [0.2, 0.25) is 5.91 Å². The Morgan fingerprint density at radius 2 is 1.82 bits per heavy atom. The highest BCUT2D eigenvalue weighted by atomic mass is 16.5. The van der Waals surface area contributed by atoms with Crippen LogP contribution in [0.2, 0.25) is 0 Å². The van der Waals surface area contributed by atoms with Crippen molar-refractivity contribution >= 4 is 40.9 Å². The number of pyridine rings is 1. The third-order valence-corrected chi connectivity index (χ3v) is 7.01. The molecule has 0 saturated heterocycles. The highest BCUT2D eigenvalue weighted by Gasteiger charge is 2.29. The van der Waals surface area contributed by atoms with E-state index < -0.39 is 23.9 Å². The molecule has 0 aliphatic heterocycles. The van der Waals surface area contributed by atoms with E-state index in [1.54, 1.807) is 53.9 Å². The fourth-order valence-electron chi connectivity index (χ4n) is 5.20. The number of aromatic nitrogens is 2. The Kier molecular flexibility index (Phi) is 9.36. The lowest BCUT2D eigenvalue weighted by Gasteiger charge is -2.30. The molecule has 11 nitrogen and oxygen atoms in total. The van der Waals surface area contributed by atoms with Crippen LogP contribution >= 0.6 is 0 Å². The summed E-state index contributed by atoms with van der Waals surface area (Å²) in [5.74, 6) is -1.40. The van der Waals surface area contributed by atoms with Crippen LogP contribution in [0.1, 0.15) is 62.7 Å². The molecule has 4 rings (SSSR count). The number of benzene rings is 1. The molecule has 2 aromatic heterocycles. The van der Waals surface area contributed by atoms with Crippen molar-refractivity contribution in [3.8, 4) is 11.3 Å². The van der Waals surface area contributed by atoms with E-state index in [0.29, 0.717) is 28.4 Å². The van der Waals surface area contributed by atoms with Gasteiger partial charge in [0, 0.05) is 30.4 Å². The highest BCUT2D eigenvalue weighted by Crippen LogP contribution is 2.32. The maximum absolute atomic E-state index is 13.6. The van der Waals surface area contributed by atoms with Gasteiger partial charge in [-0.25, -0.2) is 4.98 Å². The van der Waals surface area contributed by atoms with E-state index in [-0.39, 0.29) is 37.0 Å². The summed E-state index contributed by atoms with van der Waals surface area (Å²) in [6.45, 7) is 3.28. The van der Waals surface area contributed by atoms with Gasteiger partial charge in [-0.1, -0.05) is 31.4 Å². The molecule has 0 spiro atoms. The fourth-order valence-corrected chi connectivity index (χ4v) is 5.20. The van der Waals surface area contributed by atoms with Crippen LogP contribution in [0.15, 0.2) is 42.6 Å². The molecule has 0 radical (unpaired) electrons. The summed E-state index contributed by atoms with van der Waals surface area (Å²) in [5.41, 5.74) is 2.45. The molecular formula is C29H35N5O6. The van der Waals surface area contributed by atoms with Crippen molar-refractivity contribution in [1.29, 1.82) is 0 Å². The van der Waals surface area contributed by atoms with Crippen LogP contribution in [0, 0.1) is 5.92 Å². The number of carbonyl (C=O) groups excluding carboxylic acids is 3. The number of aliphatic carboxylic acids is 1. The van der Waals surface area contributed by atoms with Crippen LogP contribution < -0.4 is 16.0 Å². The van der Waals surface area contributed by atoms with Crippen LogP contribution in [-0.2, 0) is 19.1 Å². The summed E-state index contributed by atoms with van der Waals surface area (Å²) < 4.78 is 6.75. The number of fused-ring (bicyclic) bond motifs is 1. The number of carboxylic acids is 1. The number of imidazole rings is 1. The Morgan fingerprint density at radius 1 is 1.10 bits per heavy atom. The molecule has 1 aliphatic rings. The van der Waals surface area contributed by atoms with Gasteiger partial charge in [-0.15, -0.1) is 0 Å². The largest absolute Gasteiger partial charge is 0.481 e. The Bertz CT molecular complexity index is 1380. The second kappa shape index (κ2) is 13.1. The number of esters is 1. The number of carboxylic acid groups (broad SMARTS) is 1. The van der Waals surface area contributed by atoms with E-state index in [4.69, 9.17) is 9.72 Å². The molecule has 3 aromatic rings. The first-order valence-corrected chi connectivity index (χ1v) is 13.6. The molecule has 4 N–H and O–H groups in total. The zero-order valence-electron chi connectivity index (χ0n) is 22.7. The molecule has 11 heteroatoms. The number of nitrogens with one attached hydrogen (secondary N) is 3. The van der Waals surface area contributed by atoms with Crippen LogP contribution in [-0.4, -0.2) is 57.4 Å². The van der Waals surface area contributed by atoms with Gasteiger partial charge in [0.25, 0.3) is 5.91 Å². The molecule has 1 aliphatic carbocycles. The van der Waals surface area contributed by atoms with Crippen LogP contribution in [0.3, 0.4) is 0 Å². The summed E-state index contributed by atoms with van der Waals surface area (Å²) in [7, 11) is 0. The molecule has 212 valence electrons. The van der Waals surface area contributed by atoms with Gasteiger partial charge >= 0.3 is 11.9 Å². The summed E-state index contributed by atoms with van der Waals surface area (Å²) in [5, 5.41) is 18.3. The first kappa shape index (κ1) is 28.6. The van der Waals surface area contributed by atoms with E-state index in [1.807, 2.05) is 0 Å². The summed E-state index contributed by atoms with van der Waals surface area (Å²) >= 11 is 0. The highest BCUT2D eigenvalue weighted by molar-refractivity contribution is 6.01. The van der Waals surface area contributed by atoms with Crippen molar-refractivity contribution in [2.45, 2.75) is 58.4 Å². The number of nitrogens with zero attached hydrogens (tertiary/aromatic N) is 2. The molecule has 1 atom stereocenters. The SMILES string of the molecule is CCOC(=O)CNc1c(-c2ccc(NC(C)=O)cc2)nc2c(C(=O)NC(CC(=O)O)C3CCCCC3)cccn12. The van der Waals surface area contributed by atoms with E-state index in [0.717, 1.165) is 32.1 Å². The van der Waals surface area contributed by atoms with E-state index in [2.05, 4.69) is 16.0 Å². The van der Waals surface area contributed by atoms with Crippen LogP contribution in [0.4, 0.5) is 11.5 Å². The van der Waals surface area contributed by atoms with Gasteiger partial charge in [-0.2, -0.15) is 0 Å². The molecule has 2 heterocycles. The predicted octanol–water partition coefficient (Wildman–Crippen LogP) is 4.09. The number of hydrogen-bond acceptors (Lipinski definition) is 7. The number of amides is 2. The molecule has 1 aromatic carbocycles. The van der Waals surface area contributed by atoms with Crippen molar-refractivity contribution in [2.24, 2.45) is 5.92 Å². The van der Waals surface area contributed by atoms with E-state index >= 15 is 0 Å². The third-order valence-electron chi connectivity index (χ3n) is 7.01. The predicted molar refractivity (Wildman–Crippen MR) is 150 cm³/mol. The Morgan fingerprint density at radius 3 is 2.48 bits per heavy atom. The maximum atomic E-state index is 13.6. The summed E-state index contributed by atoms with van der Waals surface area (Å²) in [6, 6.07) is 9.92. The molecule has 1 saturated carbocycles. The van der Waals surface area contributed by atoms with Gasteiger partial charge < -0.3 is 25.8 Å². The van der Waals surface area contributed by atoms with Crippen LogP contribution in [0.5, 0.6) is 0 Å². The van der Waals surface area contributed by atoms with Gasteiger partial charge in [-0.05, 0) is 49.9 Å². The standard InChI is InChI=1S/C29H35N5O6/c1-3-40-25(38)17-30-28-26(20-11-13-21(14-12-20)31-18(2)35)33-27-22(10-7-15-34(27)28)29(39)32-23(16-24(36)37)19-8-5-4-6-9-19/h7,10-15,19,23,30H,3-6,8-9,16-17H2,1-2H3,(H,31,35)(H,32,39)(H,36,37). The number of hydrogen-bond donors (Lipinski definition) is 4. The minimum absolute atomic E-state index is 0.104. The smallest absolute Gasteiger partial charge is 0.325 e. The third kappa shape index (κ3) is 6.96. The second-order valence-electron chi connectivity index (χ2n) is 9.92. The van der Waals surface area contributed by atoms with Crippen molar-refractivity contribution in [3.63, 3.8) is 0 Å². The van der Waals surface area contributed by atoms with Gasteiger partial charge in [-0.3, -0.25) is 23.6 Å². The molecule has 1 fully saturated rings.